The lowest BCUT2D eigenvalue weighted by molar-refractivity contribution is -0.131. The third kappa shape index (κ3) is 7.58. The fraction of sp³-hybridized carbons (Fsp3) is 0.579. The van der Waals surface area contributed by atoms with Crippen LogP contribution in [0.1, 0.15) is 38.9 Å². The van der Waals surface area contributed by atoms with Gasteiger partial charge in [-0.1, -0.05) is 51.1 Å². The first kappa shape index (κ1) is 20.1. The van der Waals surface area contributed by atoms with E-state index in [-0.39, 0.29) is 17.9 Å². The zero-order chi connectivity index (χ0) is 18.2. The molecule has 0 saturated heterocycles. The first-order valence-corrected chi connectivity index (χ1v) is 8.29. The van der Waals surface area contributed by atoms with Crippen LogP contribution in [0.2, 0.25) is 0 Å². The topological polar surface area (TPSA) is 67.6 Å². The van der Waals surface area contributed by atoms with Gasteiger partial charge in [0.05, 0.1) is 25.1 Å². The third-order valence-electron chi connectivity index (χ3n) is 3.66. The fourth-order valence-electron chi connectivity index (χ4n) is 2.54. The van der Waals surface area contributed by atoms with Crippen LogP contribution < -0.4 is 0 Å². The van der Waals surface area contributed by atoms with Gasteiger partial charge in [0.15, 0.2) is 0 Å². The largest absolute Gasteiger partial charge is 0.387 e. The van der Waals surface area contributed by atoms with Gasteiger partial charge in [-0.15, -0.1) is 0 Å². The highest BCUT2D eigenvalue weighted by atomic mass is 16.3. The molecule has 24 heavy (non-hydrogen) atoms. The molecule has 0 radical (unpaired) electrons. The summed E-state index contributed by atoms with van der Waals surface area (Å²) in [6.45, 7) is 8.10. The fourth-order valence-corrected chi connectivity index (χ4v) is 2.54. The average Bonchev–Trinajstić information content (AvgIpc) is 2.51. The summed E-state index contributed by atoms with van der Waals surface area (Å²) in [6.07, 6.45) is -0.306. The first-order chi connectivity index (χ1) is 11.2. The second kappa shape index (κ2) is 9.41. The van der Waals surface area contributed by atoms with Crippen molar-refractivity contribution in [2.75, 3.05) is 33.2 Å². The smallest absolute Gasteiger partial charge is 0.236 e. The SMILES string of the molecule is CN(CCC#N)C(=O)CN(C[C@H](O)c1ccccc1)CC(C)(C)C. The molecular formula is C19H29N3O2. The second-order valence-electron chi connectivity index (χ2n) is 7.38. The number of nitrogens with zero attached hydrogens (tertiary/aromatic N) is 3. The highest BCUT2D eigenvalue weighted by Crippen LogP contribution is 2.19. The van der Waals surface area contributed by atoms with Crippen LogP contribution in [0.3, 0.4) is 0 Å². The van der Waals surface area contributed by atoms with E-state index in [4.69, 9.17) is 5.26 Å². The molecule has 0 bridgehead atoms. The summed E-state index contributed by atoms with van der Waals surface area (Å²) in [6, 6.07) is 11.5. The summed E-state index contributed by atoms with van der Waals surface area (Å²) in [5.74, 6) is -0.0326. The Labute approximate surface area is 145 Å². The number of hydrogen-bond donors (Lipinski definition) is 1. The number of rotatable bonds is 8. The van der Waals surface area contributed by atoms with Gasteiger partial charge in [0.25, 0.3) is 0 Å². The van der Waals surface area contributed by atoms with Gasteiger partial charge in [-0.05, 0) is 11.0 Å². The van der Waals surface area contributed by atoms with Gasteiger partial charge in [0.1, 0.15) is 0 Å². The van der Waals surface area contributed by atoms with E-state index in [1.165, 1.54) is 0 Å². The molecule has 0 aromatic heterocycles. The molecule has 0 aliphatic carbocycles. The molecule has 0 saturated carbocycles. The van der Waals surface area contributed by atoms with Crippen LogP contribution in [-0.4, -0.2) is 54.0 Å². The van der Waals surface area contributed by atoms with Crippen LogP contribution >= 0.6 is 0 Å². The molecule has 1 aromatic rings. The zero-order valence-electron chi connectivity index (χ0n) is 15.2. The first-order valence-electron chi connectivity index (χ1n) is 8.29. The predicted octanol–water partition coefficient (Wildman–Crippen LogP) is 2.44. The molecule has 132 valence electrons. The van der Waals surface area contributed by atoms with E-state index in [1.807, 2.05) is 35.2 Å². The van der Waals surface area contributed by atoms with Crippen molar-refractivity contribution in [2.24, 2.45) is 5.41 Å². The molecule has 0 aliphatic heterocycles. The van der Waals surface area contributed by atoms with Crippen molar-refractivity contribution in [1.29, 1.82) is 5.26 Å². The minimum Gasteiger partial charge on any atom is -0.387 e. The highest BCUT2D eigenvalue weighted by Gasteiger charge is 2.23. The number of benzene rings is 1. The Morgan fingerprint density at radius 3 is 2.46 bits per heavy atom. The van der Waals surface area contributed by atoms with Gasteiger partial charge in [-0.2, -0.15) is 5.26 Å². The summed E-state index contributed by atoms with van der Waals surface area (Å²) in [4.78, 5) is 15.9. The number of likely N-dealkylation sites (N-methyl/N-ethyl adjacent to an activating group) is 1. The molecule has 0 heterocycles. The van der Waals surface area contributed by atoms with Gasteiger partial charge >= 0.3 is 0 Å². The number of nitriles is 1. The van der Waals surface area contributed by atoms with Crippen LogP contribution in [0.15, 0.2) is 30.3 Å². The van der Waals surface area contributed by atoms with E-state index in [9.17, 15) is 9.90 Å². The molecule has 5 heteroatoms. The van der Waals surface area contributed by atoms with Crippen molar-refractivity contribution in [2.45, 2.75) is 33.3 Å². The third-order valence-corrected chi connectivity index (χ3v) is 3.66. The molecule has 1 amide bonds. The maximum Gasteiger partial charge on any atom is 0.236 e. The molecule has 1 rings (SSSR count). The summed E-state index contributed by atoms with van der Waals surface area (Å²) in [7, 11) is 1.71. The standard InChI is InChI=1S/C19H29N3O2/c1-19(2,3)15-22(14-18(24)21(4)12-8-11-20)13-17(23)16-9-6-5-7-10-16/h5-7,9-10,17,23H,8,12-15H2,1-4H3/t17-/m0/s1. The molecule has 0 unspecified atom stereocenters. The summed E-state index contributed by atoms with van der Waals surface area (Å²) in [5.41, 5.74) is 0.865. The van der Waals surface area contributed by atoms with Gasteiger partial charge in [0.2, 0.25) is 5.91 Å². The highest BCUT2D eigenvalue weighted by molar-refractivity contribution is 5.78. The van der Waals surface area contributed by atoms with E-state index in [1.54, 1.807) is 11.9 Å². The van der Waals surface area contributed by atoms with Crippen molar-refractivity contribution in [3.63, 3.8) is 0 Å². The lowest BCUT2D eigenvalue weighted by Gasteiger charge is -2.32. The minimum absolute atomic E-state index is 0.0158. The quantitative estimate of drug-likeness (QED) is 0.794. The van der Waals surface area contributed by atoms with Crippen molar-refractivity contribution in [1.82, 2.24) is 9.80 Å². The Morgan fingerprint density at radius 1 is 1.29 bits per heavy atom. The maximum atomic E-state index is 12.4. The maximum absolute atomic E-state index is 12.4. The number of hydrogen-bond acceptors (Lipinski definition) is 4. The summed E-state index contributed by atoms with van der Waals surface area (Å²) >= 11 is 0. The van der Waals surface area contributed by atoms with Crippen LogP contribution in [0.5, 0.6) is 0 Å². The van der Waals surface area contributed by atoms with Crippen molar-refractivity contribution in [3.05, 3.63) is 35.9 Å². The minimum atomic E-state index is -0.634. The molecule has 1 N–H and O–H groups in total. The molecule has 0 spiro atoms. The van der Waals surface area contributed by atoms with E-state index < -0.39 is 6.10 Å². The average molecular weight is 331 g/mol. The predicted molar refractivity (Wildman–Crippen MR) is 95.2 cm³/mol. The summed E-state index contributed by atoms with van der Waals surface area (Å²) in [5, 5.41) is 19.1. The number of amides is 1. The van der Waals surface area contributed by atoms with Crippen LogP contribution in [0, 0.1) is 16.7 Å². The molecule has 1 aromatic carbocycles. The van der Waals surface area contributed by atoms with Crippen LogP contribution in [0.4, 0.5) is 0 Å². The lowest BCUT2D eigenvalue weighted by Crippen LogP contribution is -2.43. The molecule has 5 nitrogen and oxygen atoms in total. The van der Waals surface area contributed by atoms with Gasteiger partial charge < -0.3 is 10.0 Å². The molecular weight excluding hydrogens is 302 g/mol. The normalized spacial score (nSPS) is 12.7. The second-order valence-corrected chi connectivity index (χ2v) is 7.38. The Kier molecular flexibility index (Phi) is 7.90. The van der Waals surface area contributed by atoms with Crippen molar-refractivity contribution in [3.8, 4) is 6.07 Å². The van der Waals surface area contributed by atoms with E-state index >= 15 is 0 Å². The van der Waals surface area contributed by atoms with Crippen molar-refractivity contribution < 1.29 is 9.90 Å². The number of carbonyl (C=O) groups excluding carboxylic acids is 1. The number of carbonyl (C=O) groups is 1. The Balaban J connectivity index is 2.73. The monoisotopic (exact) mass is 331 g/mol. The van der Waals surface area contributed by atoms with Crippen LogP contribution in [0.25, 0.3) is 0 Å². The number of aliphatic hydroxyl groups is 1. The Bertz CT molecular complexity index is 546. The van der Waals surface area contributed by atoms with E-state index in [2.05, 4.69) is 26.8 Å². The molecule has 0 aliphatic rings. The van der Waals surface area contributed by atoms with E-state index in [0.29, 0.717) is 26.1 Å². The van der Waals surface area contributed by atoms with Gasteiger partial charge in [0, 0.05) is 26.7 Å². The molecule has 1 atom stereocenters. The van der Waals surface area contributed by atoms with Crippen molar-refractivity contribution >= 4 is 5.91 Å². The van der Waals surface area contributed by atoms with Gasteiger partial charge in [-0.25, -0.2) is 0 Å². The van der Waals surface area contributed by atoms with Crippen LogP contribution in [-0.2, 0) is 4.79 Å². The Hall–Kier alpha value is -1.90. The zero-order valence-corrected chi connectivity index (χ0v) is 15.2. The Morgan fingerprint density at radius 2 is 1.92 bits per heavy atom. The summed E-state index contributed by atoms with van der Waals surface area (Å²) < 4.78 is 0. The molecule has 0 fully saturated rings. The lowest BCUT2D eigenvalue weighted by atomic mass is 9.95. The number of aliphatic hydroxyl groups excluding tert-OH is 1. The van der Waals surface area contributed by atoms with Gasteiger partial charge in [-0.3, -0.25) is 9.69 Å². The van der Waals surface area contributed by atoms with E-state index in [0.717, 1.165) is 5.56 Å².